The molecule has 0 bridgehead atoms. The molecule has 0 heterocycles. The van der Waals surface area contributed by atoms with E-state index in [1.165, 1.54) is 60.0 Å². The van der Waals surface area contributed by atoms with E-state index in [-0.39, 0.29) is 32.5 Å². The molecule has 0 atom stereocenters. The van der Waals surface area contributed by atoms with Gasteiger partial charge in [-0.2, -0.15) is 16.8 Å². The maximum absolute atomic E-state index is 10.9. The Kier molecular flexibility index (Phi) is 26.3. The summed E-state index contributed by atoms with van der Waals surface area (Å²) in [5, 5.41) is 38.7. The predicted molar refractivity (Wildman–Crippen MR) is 362 cm³/mol. The van der Waals surface area contributed by atoms with Gasteiger partial charge in [-0.3, -0.25) is 9.11 Å². The summed E-state index contributed by atoms with van der Waals surface area (Å²) in [6.45, 7) is 29.6. The topological polar surface area (TPSA) is 229 Å². The van der Waals surface area contributed by atoms with Crippen LogP contribution in [0.5, 0.6) is 11.5 Å². The predicted octanol–water partition coefficient (Wildman–Crippen LogP) is 16.2. The van der Waals surface area contributed by atoms with Crippen molar-refractivity contribution in [2.24, 2.45) is 0 Å². The zero-order valence-electron chi connectivity index (χ0n) is 53.9. The van der Waals surface area contributed by atoms with Gasteiger partial charge in [0.05, 0.1) is 20.9 Å². The Labute approximate surface area is 549 Å². The first-order valence-corrected chi connectivity index (χ1v) is 44.9. The molecule has 0 aliphatic rings. The molecule has 0 saturated carbocycles. The Hall–Kier alpha value is -6.28. The van der Waals surface area contributed by atoms with Crippen LogP contribution in [0.2, 0.25) is 26.6 Å². The molecular weight excluding hydrogens is 1380 g/mol. The maximum Gasteiger partial charge on any atom is 0.335 e. The molecular formula is C74H88O12S2Sn2. The molecule has 12 nitrogen and oxygen atoms in total. The van der Waals surface area contributed by atoms with Gasteiger partial charge in [-0.25, -0.2) is 9.59 Å². The van der Waals surface area contributed by atoms with Crippen molar-refractivity contribution in [1.82, 2.24) is 0 Å². The van der Waals surface area contributed by atoms with E-state index < -0.39 is 104 Å². The van der Waals surface area contributed by atoms with Gasteiger partial charge in [0.2, 0.25) is 0 Å². The smallest absolute Gasteiger partial charge is 0.335 e. The van der Waals surface area contributed by atoms with Crippen LogP contribution in [-0.2, 0) is 52.7 Å². The summed E-state index contributed by atoms with van der Waals surface area (Å²) in [5.41, 5.74) is 8.94. The average molecular weight is 1470 g/mol. The van der Waals surface area contributed by atoms with Crippen molar-refractivity contribution in [3.05, 3.63) is 263 Å². The van der Waals surface area contributed by atoms with Crippen LogP contribution in [0.3, 0.4) is 0 Å². The van der Waals surface area contributed by atoms with Gasteiger partial charge in [0.15, 0.2) is 0 Å². The minimum absolute atomic E-state index is 0.232. The van der Waals surface area contributed by atoms with E-state index in [0.717, 1.165) is 24.3 Å². The second-order valence-corrected chi connectivity index (χ2v) is 44.4. The van der Waals surface area contributed by atoms with Gasteiger partial charge in [0.25, 0.3) is 20.2 Å². The number of aromatic carboxylic acids is 2. The number of hydrogen-bond acceptors (Lipinski definition) is 8. The molecule has 0 aliphatic heterocycles. The van der Waals surface area contributed by atoms with Gasteiger partial charge in [0.1, 0.15) is 0 Å². The minimum atomic E-state index is -4.48. The second kappa shape index (κ2) is 31.8. The van der Waals surface area contributed by atoms with Crippen molar-refractivity contribution in [2.45, 2.75) is 152 Å². The zero-order valence-corrected chi connectivity index (χ0v) is 61.2. The third-order valence-corrected chi connectivity index (χ3v) is 41.8. The Balaban J connectivity index is 0.000000233. The molecule has 8 rings (SSSR count). The monoisotopic (exact) mass is 1470 g/mol. The molecule has 90 heavy (non-hydrogen) atoms. The van der Waals surface area contributed by atoms with Crippen molar-refractivity contribution in [1.29, 1.82) is 0 Å². The molecule has 0 fully saturated rings. The van der Waals surface area contributed by atoms with Crippen molar-refractivity contribution >= 4 is 71.7 Å². The number of carboxylic acid groups (broad SMARTS) is 2. The van der Waals surface area contributed by atoms with Crippen molar-refractivity contribution in [3.8, 4) is 11.5 Å². The van der Waals surface area contributed by atoms with E-state index in [2.05, 4.69) is 265 Å². The third kappa shape index (κ3) is 22.5. The molecule has 0 aromatic heterocycles. The van der Waals surface area contributed by atoms with Crippen LogP contribution < -0.4 is 10.2 Å². The Bertz CT molecular complexity index is 3300. The second-order valence-electron chi connectivity index (χ2n) is 26.9. The molecule has 8 aromatic carbocycles. The summed E-state index contributed by atoms with van der Waals surface area (Å²) < 4.78 is 67.7. The van der Waals surface area contributed by atoms with Crippen molar-refractivity contribution in [3.63, 3.8) is 0 Å². The normalized spacial score (nSPS) is 12.2. The van der Waals surface area contributed by atoms with Crippen LogP contribution in [0.1, 0.15) is 137 Å². The van der Waals surface area contributed by atoms with E-state index in [0.29, 0.717) is 12.1 Å². The quantitative estimate of drug-likeness (QED) is 0.0367. The molecule has 476 valence electrons. The minimum Gasteiger partial charge on any atom is -0.872 e. The fraction of sp³-hybridized carbons (Fsp3) is 0.324. The van der Waals surface area contributed by atoms with Crippen LogP contribution in [0.15, 0.2) is 228 Å². The van der Waals surface area contributed by atoms with E-state index in [1.807, 2.05) is 0 Å². The summed E-state index contributed by atoms with van der Waals surface area (Å²) in [5.74, 6) is -4.71. The average Bonchev–Trinajstić information content (AvgIpc) is 1.33. The first-order valence-electron chi connectivity index (χ1n) is 29.9. The first kappa shape index (κ1) is 74.4. The van der Waals surface area contributed by atoms with Gasteiger partial charge >= 0.3 is 409 Å². The molecule has 16 heteroatoms. The summed E-state index contributed by atoms with van der Waals surface area (Å²) >= 11 is -3.68. The summed E-state index contributed by atoms with van der Waals surface area (Å²) in [7, 11) is -8.96. The third-order valence-electron chi connectivity index (χ3n) is 16.4. The van der Waals surface area contributed by atoms with E-state index in [4.69, 9.17) is 19.3 Å². The number of hydrogen-bond donors (Lipinski definition) is 4. The number of rotatable bonds is 22. The van der Waals surface area contributed by atoms with Gasteiger partial charge in [-0.05, 0) is 24.3 Å². The van der Waals surface area contributed by atoms with Crippen LogP contribution in [0.25, 0.3) is 0 Å². The van der Waals surface area contributed by atoms with Crippen molar-refractivity contribution < 1.29 is 56.0 Å². The molecule has 0 amide bonds. The van der Waals surface area contributed by atoms with Crippen molar-refractivity contribution in [2.75, 3.05) is 0 Å². The Morgan fingerprint density at radius 3 is 0.633 bits per heavy atom. The summed E-state index contributed by atoms with van der Waals surface area (Å²) in [4.78, 5) is 19.6. The SMILES string of the molecule is CC(C)([CH2][Sn+]([CH2]C(C)(C)c1ccccc1)[CH2]C(C)(C)c1ccccc1)c1ccccc1.CC(C)([CH2][Sn+]([CH2]C(C)(C)c1ccccc1)[CH2]C(C)(C)c1ccccc1)c1ccccc1.O=C(O)c1cc(S(=O)(=O)O)ccc1[O-].O=C(O)c1cc(S(=O)(=O)O)ccc1[O-]. The largest absolute Gasteiger partial charge is 0.872 e. The maximum atomic E-state index is 10.9. The van der Waals surface area contributed by atoms with Gasteiger partial charge in [-0.1, -0.05) is 23.6 Å². The summed E-state index contributed by atoms with van der Waals surface area (Å²) in [6, 6.07) is 71.5. The number of benzene rings is 8. The molecule has 0 radical (unpaired) electrons. The first-order chi connectivity index (χ1) is 41.8. The standard InChI is InChI=1S/6C10H13.2C7H6O6S.2Sn/c6*1-10(2,3)9-7-5-4-6-8-9;2*8-6-2-1-4(14(11,12)13)3-5(6)7(9)10;;/h6*4-8H,1H2,2-3H3;2*1-3,8H,(H,9,10)(H,11,12,13);;/q;;;;;;;;2*+1/p-2. The zero-order chi connectivity index (χ0) is 66.9. The fourth-order valence-electron chi connectivity index (χ4n) is 11.7. The molecule has 4 N–H and O–H groups in total. The number of carbonyl (C=O) groups is 2. The van der Waals surface area contributed by atoms with Gasteiger partial charge in [0, 0.05) is 0 Å². The van der Waals surface area contributed by atoms with E-state index in [1.54, 1.807) is 0 Å². The van der Waals surface area contributed by atoms with E-state index >= 15 is 0 Å². The van der Waals surface area contributed by atoms with Crippen LogP contribution in [0, 0.1) is 0 Å². The Morgan fingerprint density at radius 2 is 0.489 bits per heavy atom. The molecule has 0 spiro atoms. The molecule has 0 saturated heterocycles. The molecule has 0 unspecified atom stereocenters. The number of carboxylic acids is 2. The van der Waals surface area contributed by atoms with Gasteiger partial charge in [-0.15, -0.1) is 0 Å². The summed E-state index contributed by atoms with van der Waals surface area (Å²) in [6.07, 6.45) is 0. The molecule has 0 aliphatic carbocycles. The van der Waals surface area contributed by atoms with Crippen LogP contribution in [-0.4, -0.2) is 87.6 Å². The Morgan fingerprint density at radius 1 is 0.322 bits per heavy atom. The molecule has 8 aromatic rings. The van der Waals surface area contributed by atoms with Crippen LogP contribution in [0.4, 0.5) is 0 Å². The van der Waals surface area contributed by atoms with Crippen LogP contribution >= 0.6 is 0 Å². The van der Waals surface area contributed by atoms with Gasteiger partial charge < -0.3 is 20.4 Å². The fourth-order valence-corrected chi connectivity index (χ4v) is 39.8. The van der Waals surface area contributed by atoms with E-state index in [9.17, 15) is 36.6 Å².